The standard InChI is InChI=1S/C14H16N2O3/c1-14(2,3)9-6-4-8(5-7-9)10-11(12(17)18)19-13(15)16-10/h4-7H,1-3H3,(H2,15,16)(H,17,18). The maximum absolute atomic E-state index is 11.0. The first-order chi connectivity index (χ1) is 8.79. The molecule has 100 valence electrons. The average molecular weight is 260 g/mol. The smallest absolute Gasteiger partial charge is 0.374 e. The molecule has 0 fully saturated rings. The van der Waals surface area contributed by atoms with Gasteiger partial charge in [-0.15, -0.1) is 0 Å². The van der Waals surface area contributed by atoms with Crippen LogP contribution >= 0.6 is 0 Å². The summed E-state index contributed by atoms with van der Waals surface area (Å²) < 4.78 is 4.90. The molecule has 1 aromatic carbocycles. The summed E-state index contributed by atoms with van der Waals surface area (Å²) in [4.78, 5) is 15.0. The quantitative estimate of drug-likeness (QED) is 0.866. The van der Waals surface area contributed by atoms with Gasteiger partial charge in [0.2, 0.25) is 5.76 Å². The number of anilines is 1. The zero-order chi connectivity index (χ0) is 14.2. The number of rotatable bonds is 2. The van der Waals surface area contributed by atoms with Gasteiger partial charge in [-0.25, -0.2) is 4.79 Å². The van der Waals surface area contributed by atoms with Gasteiger partial charge in [0.15, 0.2) is 0 Å². The van der Waals surface area contributed by atoms with Crippen molar-refractivity contribution in [3.8, 4) is 11.3 Å². The summed E-state index contributed by atoms with van der Waals surface area (Å²) in [6.45, 7) is 6.33. The Morgan fingerprint density at radius 2 is 1.84 bits per heavy atom. The molecule has 2 rings (SSSR count). The third kappa shape index (κ3) is 2.59. The molecule has 0 radical (unpaired) electrons. The summed E-state index contributed by atoms with van der Waals surface area (Å²) >= 11 is 0. The van der Waals surface area contributed by atoms with Crippen LogP contribution in [0.2, 0.25) is 0 Å². The molecule has 5 heteroatoms. The Balaban J connectivity index is 2.46. The van der Waals surface area contributed by atoms with Gasteiger partial charge < -0.3 is 15.3 Å². The van der Waals surface area contributed by atoms with Crippen LogP contribution in [0.25, 0.3) is 11.3 Å². The average Bonchev–Trinajstić information content (AvgIpc) is 2.70. The minimum Gasteiger partial charge on any atom is -0.475 e. The maximum Gasteiger partial charge on any atom is 0.374 e. The van der Waals surface area contributed by atoms with Crippen molar-refractivity contribution in [1.29, 1.82) is 0 Å². The van der Waals surface area contributed by atoms with Crippen LogP contribution in [0.1, 0.15) is 36.9 Å². The molecule has 1 heterocycles. The lowest BCUT2D eigenvalue weighted by Gasteiger charge is -2.18. The molecule has 0 aliphatic rings. The highest BCUT2D eigenvalue weighted by atomic mass is 16.4. The zero-order valence-electron chi connectivity index (χ0n) is 11.1. The molecule has 1 aromatic heterocycles. The Kier molecular flexibility index (Phi) is 3.06. The maximum atomic E-state index is 11.0. The Labute approximate surface area is 111 Å². The first-order valence-corrected chi connectivity index (χ1v) is 5.89. The lowest BCUT2D eigenvalue weighted by molar-refractivity contribution is 0.0665. The molecule has 0 aliphatic heterocycles. The van der Waals surface area contributed by atoms with Crippen LogP contribution in [-0.2, 0) is 5.41 Å². The van der Waals surface area contributed by atoms with E-state index in [0.717, 1.165) is 5.56 Å². The van der Waals surface area contributed by atoms with Gasteiger partial charge in [0.05, 0.1) is 0 Å². The van der Waals surface area contributed by atoms with E-state index in [1.165, 1.54) is 0 Å². The van der Waals surface area contributed by atoms with E-state index in [4.69, 9.17) is 15.3 Å². The summed E-state index contributed by atoms with van der Waals surface area (Å²) in [6, 6.07) is 7.40. The first-order valence-electron chi connectivity index (χ1n) is 5.89. The van der Waals surface area contributed by atoms with E-state index in [0.29, 0.717) is 5.56 Å². The van der Waals surface area contributed by atoms with Crippen molar-refractivity contribution in [3.63, 3.8) is 0 Å². The topological polar surface area (TPSA) is 89.4 Å². The molecule has 0 saturated carbocycles. The first kappa shape index (κ1) is 13.1. The molecule has 0 bridgehead atoms. The molecule has 0 amide bonds. The fraction of sp³-hybridized carbons (Fsp3) is 0.286. The van der Waals surface area contributed by atoms with Gasteiger partial charge in [0.25, 0.3) is 6.01 Å². The van der Waals surface area contributed by atoms with Crippen LogP contribution in [0, 0.1) is 0 Å². The molecular weight excluding hydrogens is 244 g/mol. The highest BCUT2D eigenvalue weighted by molar-refractivity contribution is 5.92. The number of nitrogens with zero attached hydrogens (tertiary/aromatic N) is 1. The Bertz CT molecular complexity index is 607. The van der Waals surface area contributed by atoms with Gasteiger partial charge >= 0.3 is 5.97 Å². The van der Waals surface area contributed by atoms with Crippen molar-refractivity contribution in [2.45, 2.75) is 26.2 Å². The van der Waals surface area contributed by atoms with Crippen LogP contribution < -0.4 is 5.73 Å². The van der Waals surface area contributed by atoms with Crippen molar-refractivity contribution < 1.29 is 14.3 Å². The summed E-state index contributed by atoms with van der Waals surface area (Å²) in [5.41, 5.74) is 7.54. The number of nitrogens with two attached hydrogens (primary N) is 1. The van der Waals surface area contributed by atoms with Crippen LogP contribution in [-0.4, -0.2) is 16.1 Å². The van der Waals surface area contributed by atoms with Crippen LogP contribution in [0.4, 0.5) is 6.01 Å². The number of hydrogen-bond donors (Lipinski definition) is 2. The fourth-order valence-corrected chi connectivity index (χ4v) is 1.81. The van der Waals surface area contributed by atoms with Crippen molar-refractivity contribution in [3.05, 3.63) is 35.6 Å². The second-order valence-corrected chi connectivity index (χ2v) is 5.36. The van der Waals surface area contributed by atoms with Crippen molar-refractivity contribution in [2.24, 2.45) is 0 Å². The van der Waals surface area contributed by atoms with E-state index in [9.17, 15) is 4.79 Å². The molecule has 0 saturated heterocycles. The number of nitrogen functional groups attached to an aromatic ring is 1. The van der Waals surface area contributed by atoms with Crippen molar-refractivity contribution in [1.82, 2.24) is 4.98 Å². The molecule has 5 nitrogen and oxygen atoms in total. The van der Waals surface area contributed by atoms with Gasteiger partial charge in [0.1, 0.15) is 5.69 Å². The van der Waals surface area contributed by atoms with E-state index in [1.54, 1.807) is 0 Å². The Hall–Kier alpha value is -2.30. The molecule has 2 aromatic rings. The number of carboxylic acids is 1. The van der Waals surface area contributed by atoms with Gasteiger partial charge in [-0.05, 0) is 11.0 Å². The summed E-state index contributed by atoms with van der Waals surface area (Å²) in [5, 5.41) is 9.03. The SMILES string of the molecule is CC(C)(C)c1ccc(-c2nc(N)oc2C(=O)O)cc1. The molecule has 0 atom stereocenters. The predicted octanol–water partition coefficient (Wildman–Crippen LogP) is 2.92. The van der Waals surface area contributed by atoms with Crippen LogP contribution in [0.15, 0.2) is 28.7 Å². The van der Waals surface area contributed by atoms with Crippen molar-refractivity contribution in [2.75, 3.05) is 5.73 Å². The van der Waals surface area contributed by atoms with Crippen LogP contribution in [0.3, 0.4) is 0 Å². The van der Waals surface area contributed by atoms with E-state index < -0.39 is 5.97 Å². The monoisotopic (exact) mass is 260 g/mol. The fourth-order valence-electron chi connectivity index (χ4n) is 1.81. The number of benzene rings is 1. The summed E-state index contributed by atoms with van der Waals surface area (Å²) in [6.07, 6.45) is 0. The minimum absolute atomic E-state index is 0.0387. The van der Waals surface area contributed by atoms with Crippen LogP contribution in [0.5, 0.6) is 0 Å². The predicted molar refractivity (Wildman–Crippen MR) is 72.0 cm³/mol. The number of aromatic nitrogens is 1. The Morgan fingerprint density at radius 1 is 1.26 bits per heavy atom. The van der Waals surface area contributed by atoms with Gasteiger partial charge in [-0.2, -0.15) is 4.98 Å². The largest absolute Gasteiger partial charge is 0.475 e. The molecule has 0 unspecified atom stereocenters. The minimum atomic E-state index is -1.18. The number of aromatic carboxylic acids is 1. The van der Waals surface area contributed by atoms with Gasteiger partial charge in [0, 0.05) is 5.56 Å². The molecule has 3 N–H and O–H groups in total. The molecule has 0 spiro atoms. The second-order valence-electron chi connectivity index (χ2n) is 5.36. The van der Waals surface area contributed by atoms with Gasteiger partial charge in [-0.1, -0.05) is 45.0 Å². The van der Waals surface area contributed by atoms with Gasteiger partial charge in [-0.3, -0.25) is 0 Å². The van der Waals surface area contributed by atoms with E-state index >= 15 is 0 Å². The van der Waals surface area contributed by atoms with Crippen molar-refractivity contribution >= 4 is 12.0 Å². The Morgan fingerprint density at radius 3 is 2.32 bits per heavy atom. The van der Waals surface area contributed by atoms with E-state index in [1.807, 2.05) is 24.3 Å². The molecule has 0 aliphatic carbocycles. The number of oxazole rings is 1. The summed E-state index contributed by atoms with van der Waals surface area (Å²) in [7, 11) is 0. The lowest BCUT2D eigenvalue weighted by atomic mass is 9.86. The zero-order valence-corrected chi connectivity index (χ0v) is 11.1. The highest BCUT2D eigenvalue weighted by Gasteiger charge is 2.20. The number of hydrogen-bond acceptors (Lipinski definition) is 4. The van der Waals surface area contributed by atoms with E-state index in [-0.39, 0.29) is 22.9 Å². The summed E-state index contributed by atoms with van der Waals surface area (Å²) in [5.74, 6) is -1.42. The lowest BCUT2D eigenvalue weighted by Crippen LogP contribution is -2.10. The molecule has 19 heavy (non-hydrogen) atoms. The molecular formula is C14H16N2O3. The number of carboxylic acid groups (broad SMARTS) is 1. The third-order valence-corrected chi connectivity index (χ3v) is 2.86. The third-order valence-electron chi connectivity index (χ3n) is 2.86. The highest BCUT2D eigenvalue weighted by Crippen LogP contribution is 2.28. The number of carbonyl (C=O) groups is 1. The van der Waals surface area contributed by atoms with E-state index in [2.05, 4.69) is 25.8 Å². The second kappa shape index (κ2) is 4.42. The normalized spacial score (nSPS) is 11.5.